The minimum Gasteiger partial charge on any atom is -0.396 e. The van der Waals surface area contributed by atoms with Gasteiger partial charge in [0, 0.05) is 18.6 Å². The molecule has 0 aromatic heterocycles. The maximum atomic E-state index is 11.3. The number of aliphatic hydroxyl groups is 1. The third-order valence-electron chi connectivity index (χ3n) is 1.93. The highest BCUT2D eigenvalue weighted by Gasteiger charge is 2.19. The van der Waals surface area contributed by atoms with Gasteiger partial charge in [-0.25, -0.2) is 0 Å². The second-order valence-electron chi connectivity index (χ2n) is 4.17. The van der Waals surface area contributed by atoms with Crippen molar-refractivity contribution >= 4 is 5.91 Å². The fourth-order valence-corrected chi connectivity index (χ4v) is 0.800. The van der Waals surface area contributed by atoms with Gasteiger partial charge >= 0.3 is 0 Å². The predicted molar refractivity (Wildman–Crippen MR) is 56.7 cm³/mol. The molecule has 0 heterocycles. The molecule has 0 spiro atoms. The van der Waals surface area contributed by atoms with Gasteiger partial charge in [0.1, 0.15) is 0 Å². The van der Waals surface area contributed by atoms with Crippen molar-refractivity contribution in [2.24, 2.45) is 11.1 Å². The number of carbonyl (C=O) groups is 1. The van der Waals surface area contributed by atoms with Crippen molar-refractivity contribution in [3.63, 3.8) is 0 Å². The molecule has 0 saturated carbocycles. The fraction of sp³-hybridized carbons (Fsp3) is 0.700. The molecule has 0 aromatic carbocycles. The number of rotatable bonds is 6. The number of hydrogen-bond acceptors (Lipinski definition) is 3. The van der Waals surface area contributed by atoms with Gasteiger partial charge in [-0.2, -0.15) is 0 Å². The van der Waals surface area contributed by atoms with Crippen LogP contribution < -0.4 is 11.1 Å². The largest absolute Gasteiger partial charge is 0.396 e. The van der Waals surface area contributed by atoms with E-state index >= 15 is 0 Å². The summed E-state index contributed by atoms with van der Waals surface area (Å²) >= 11 is 0. The molecule has 1 atom stereocenters. The van der Waals surface area contributed by atoms with Crippen molar-refractivity contribution in [1.82, 2.24) is 5.32 Å². The van der Waals surface area contributed by atoms with E-state index in [0.717, 1.165) is 0 Å². The number of hydrogen-bond donors (Lipinski definition) is 3. The minimum absolute atomic E-state index is 0.0317. The summed E-state index contributed by atoms with van der Waals surface area (Å²) in [7, 11) is 0. The van der Waals surface area contributed by atoms with Crippen molar-refractivity contribution in [3.8, 4) is 0 Å². The van der Waals surface area contributed by atoms with Gasteiger partial charge in [-0.05, 0) is 6.42 Å². The van der Waals surface area contributed by atoms with Crippen LogP contribution in [0.3, 0.4) is 0 Å². The van der Waals surface area contributed by atoms with E-state index in [0.29, 0.717) is 13.0 Å². The lowest BCUT2D eigenvalue weighted by Gasteiger charge is -2.22. The van der Waals surface area contributed by atoms with Crippen LogP contribution >= 0.6 is 0 Å². The van der Waals surface area contributed by atoms with Crippen LogP contribution in [0.2, 0.25) is 0 Å². The minimum atomic E-state index is -0.540. The summed E-state index contributed by atoms with van der Waals surface area (Å²) in [5, 5.41) is 11.6. The Hall–Kier alpha value is -0.870. The predicted octanol–water partition coefficient (Wildman–Crippen LogP) is 0.0245. The van der Waals surface area contributed by atoms with Crippen LogP contribution in [0.25, 0.3) is 0 Å². The highest BCUT2D eigenvalue weighted by molar-refractivity contribution is 5.81. The molecular formula is C10H20N2O2. The third-order valence-corrected chi connectivity index (χ3v) is 1.93. The lowest BCUT2D eigenvalue weighted by Crippen LogP contribution is -2.44. The molecular weight excluding hydrogens is 180 g/mol. The number of nitrogens with two attached hydrogens (primary N) is 1. The first-order valence-corrected chi connectivity index (χ1v) is 4.68. The van der Waals surface area contributed by atoms with Gasteiger partial charge in [-0.15, -0.1) is 6.58 Å². The van der Waals surface area contributed by atoms with Crippen molar-refractivity contribution in [2.75, 3.05) is 13.2 Å². The van der Waals surface area contributed by atoms with E-state index in [1.165, 1.54) is 0 Å². The van der Waals surface area contributed by atoms with Gasteiger partial charge in [0.05, 0.1) is 6.04 Å². The molecule has 0 rings (SSSR count). The molecule has 0 radical (unpaired) electrons. The molecule has 1 unspecified atom stereocenters. The number of carbonyl (C=O) groups excluding carboxylic acids is 1. The Morgan fingerprint density at radius 1 is 1.71 bits per heavy atom. The summed E-state index contributed by atoms with van der Waals surface area (Å²) in [5.74, 6) is -0.202. The molecule has 0 saturated heterocycles. The fourth-order valence-electron chi connectivity index (χ4n) is 0.800. The Bertz CT molecular complexity index is 202. The zero-order valence-corrected chi connectivity index (χ0v) is 8.92. The molecule has 4 N–H and O–H groups in total. The topological polar surface area (TPSA) is 75.4 Å². The van der Waals surface area contributed by atoms with Crippen LogP contribution in [-0.4, -0.2) is 30.2 Å². The third kappa shape index (κ3) is 4.99. The molecule has 0 bridgehead atoms. The summed E-state index contributed by atoms with van der Waals surface area (Å²) < 4.78 is 0. The molecule has 4 nitrogen and oxygen atoms in total. The Morgan fingerprint density at radius 2 is 2.29 bits per heavy atom. The molecule has 0 aliphatic carbocycles. The van der Waals surface area contributed by atoms with Crippen molar-refractivity contribution in [1.29, 1.82) is 0 Å². The number of aliphatic hydroxyl groups excluding tert-OH is 1. The molecule has 0 fully saturated rings. The maximum absolute atomic E-state index is 11.3. The Morgan fingerprint density at radius 3 is 2.71 bits per heavy atom. The van der Waals surface area contributed by atoms with E-state index in [4.69, 9.17) is 10.8 Å². The van der Waals surface area contributed by atoms with Crippen molar-refractivity contribution in [2.45, 2.75) is 26.3 Å². The van der Waals surface area contributed by atoms with Gasteiger partial charge < -0.3 is 16.2 Å². The smallest absolute Gasteiger partial charge is 0.237 e. The summed E-state index contributed by atoms with van der Waals surface area (Å²) in [4.78, 5) is 11.3. The van der Waals surface area contributed by atoms with Crippen LogP contribution in [-0.2, 0) is 4.79 Å². The van der Waals surface area contributed by atoms with E-state index < -0.39 is 6.04 Å². The Balaban J connectivity index is 3.90. The molecule has 82 valence electrons. The van der Waals surface area contributed by atoms with Crippen molar-refractivity contribution < 1.29 is 9.90 Å². The number of amides is 1. The average molecular weight is 200 g/mol. The van der Waals surface area contributed by atoms with Crippen molar-refractivity contribution in [3.05, 3.63) is 12.7 Å². The van der Waals surface area contributed by atoms with Gasteiger partial charge in [0.25, 0.3) is 0 Å². The van der Waals surface area contributed by atoms with Gasteiger partial charge in [0.2, 0.25) is 5.91 Å². The van der Waals surface area contributed by atoms with Crippen LogP contribution in [0.5, 0.6) is 0 Å². The zero-order chi connectivity index (χ0) is 11.2. The van der Waals surface area contributed by atoms with Crippen LogP contribution in [0.15, 0.2) is 12.7 Å². The lowest BCUT2D eigenvalue weighted by molar-refractivity contribution is -0.122. The molecule has 14 heavy (non-hydrogen) atoms. The lowest BCUT2D eigenvalue weighted by atomic mass is 9.95. The molecule has 1 amide bonds. The number of nitrogens with one attached hydrogen (secondary N) is 1. The summed E-state index contributed by atoms with van der Waals surface area (Å²) in [5.41, 5.74) is 5.25. The van der Waals surface area contributed by atoms with Crippen LogP contribution in [0.4, 0.5) is 0 Å². The zero-order valence-electron chi connectivity index (χ0n) is 8.92. The van der Waals surface area contributed by atoms with Crippen LogP contribution in [0.1, 0.15) is 20.3 Å². The standard InChI is InChI=1S/C10H20N2O2/c1-4-5-8(11)9(14)12-6-10(2,3)7-13/h4,8,13H,1,5-7,11H2,2-3H3,(H,12,14). The Kier molecular flexibility index (Phi) is 5.42. The molecule has 0 aliphatic heterocycles. The maximum Gasteiger partial charge on any atom is 0.237 e. The van der Waals surface area contributed by atoms with E-state index in [9.17, 15) is 4.79 Å². The first-order valence-electron chi connectivity index (χ1n) is 4.68. The summed E-state index contributed by atoms with van der Waals surface area (Å²) in [6.45, 7) is 7.70. The highest BCUT2D eigenvalue weighted by Crippen LogP contribution is 2.11. The van der Waals surface area contributed by atoms with E-state index in [1.807, 2.05) is 13.8 Å². The average Bonchev–Trinajstić information content (AvgIpc) is 2.15. The monoisotopic (exact) mass is 200 g/mol. The first-order chi connectivity index (χ1) is 6.43. The van der Waals surface area contributed by atoms with Crippen LogP contribution in [0, 0.1) is 5.41 Å². The first kappa shape index (κ1) is 13.1. The second-order valence-corrected chi connectivity index (χ2v) is 4.17. The quantitative estimate of drug-likeness (QED) is 0.529. The SMILES string of the molecule is C=CCC(N)C(=O)NCC(C)(C)CO. The van der Waals surface area contributed by atoms with Gasteiger partial charge in [-0.1, -0.05) is 19.9 Å². The van der Waals surface area contributed by atoms with E-state index in [1.54, 1.807) is 6.08 Å². The molecule has 4 heteroatoms. The normalized spacial score (nSPS) is 13.4. The van der Waals surface area contributed by atoms with Gasteiger partial charge in [-0.3, -0.25) is 4.79 Å². The molecule has 0 aromatic rings. The highest BCUT2D eigenvalue weighted by atomic mass is 16.3. The van der Waals surface area contributed by atoms with E-state index in [2.05, 4.69) is 11.9 Å². The van der Waals surface area contributed by atoms with E-state index in [-0.39, 0.29) is 17.9 Å². The summed E-state index contributed by atoms with van der Waals surface area (Å²) in [6, 6.07) is -0.540. The molecule has 0 aliphatic rings. The second kappa shape index (κ2) is 5.78. The Labute approximate surface area is 85.2 Å². The van der Waals surface area contributed by atoms with Gasteiger partial charge in [0.15, 0.2) is 0 Å². The summed E-state index contributed by atoms with van der Waals surface area (Å²) in [6.07, 6.45) is 2.08.